The summed E-state index contributed by atoms with van der Waals surface area (Å²) in [7, 11) is 4.09. The zero-order valence-corrected chi connectivity index (χ0v) is 31.2. The van der Waals surface area contributed by atoms with Crippen LogP contribution < -0.4 is 26.2 Å². The molecule has 2 fully saturated rings. The van der Waals surface area contributed by atoms with Crippen LogP contribution in [0.4, 0.5) is 28.8 Å². The van der Waals surface area contributed by atoms with Gasteiger partial charge in [-0.15, -0.1) is 6.58 Å². The van der Waals surface area contributed by atoms with Gasteiger partial charge in [0, 0.05) is 78.2 Å². The Morgan fingerprint density at radius 3 is 2.46 bits per heavy atom. The first-order valence-electron chi connectivity index (χ1n) is 18.4. The van der Waals surface area contributed by atoms with Gasteiger partial charge in [0.15, 0.2) is 5.82 Å². The Bertz CT molecular complexity index is 2050. The Hall–Kier alpha value is -5.02. The van der Waals surface area contributed by atoms with Gasteiger partial charge in [-0.25, -0.2) is 4.98 Å². The molecule has 0 bridgehead atoms. The molecule has 0 radical (unpaired) electrons. The number of likely N-dealkylation sites (N-methyl/N-ethyl adjacent to an activating group) is 1. The van der Waals surface area contributed by atoms with Gasteiger partial charge in [0.05, 0.1) is 17.4 Å². The largest absolute Gasteiger partial charge is 0.385 e. The van der Waals surface area contributed by atoms with Gasteiger partial charge in [-0.2, -0.15) is 10.1 Å². The summed E-state index contributed by atoms with van der Waals surface area (Å²) in [5.41, 5.74) is 10.8. The van der Waals surface area contributed by atoms with Crippen LogP contribution in [0.3, 0.4) is 0 Å². The fourth-order valence-corrected chi connectivity index (χ4v) is 7.94. The number of aryl methyl sites for hydroxylation is 1. The number of aromatic nitrogens is 4. The Kier molecular flexibility index (Phi) is 10.4. The number of rotatable bonds is 12. The molecule has 2 aromatic heterocycles. The summed E-state index contributed by atoms with van der Waals surface area (Å²) in [4.78, 5) is 11.4. The molecule has 0 amide bonds. The van der Waals surface area contributed by atoms with Crippen LogP contribution in [-0.4, -0.2) is 39.9 Å². The molecule has 0 spiro atoms. The minimum Gasteiger partial charge on any atom is -0.385 e. The lowest BCUT2D eigenvalue weighted by Gasteiger charge is -2.30. The lowest BCUT2D eigenvalue weighted by molar-refractivity contribution is 0.293. The topological polar surface area (TPSA) is 95.0 Å². The number of anilines is 5. The van der Waals surface area contributed by atoms with Gasteiger partial charge >= 0.3 is 0 Å². The van der Waals surface area contributed by atoms with Crippen molar-refractivity contribution in [3.8, 4) is 0 Å². The Morgan fingerprint density at radius 1 is 0.962 bits per heavy atom. The van der Waals surface area contributed by atoms with Crippen molar-refractivity contribution in [2.75, 3.05) is 41.0 Å². The number of nitrogens with one attached hydrogen (secondary N) is 4. The summed E-state index contributed by atoms with van der Waals surface area (Å²) < 4.78 is 2.00. The summed E-state index contributed by atoms with van der Waals surface area (Å²) in [6, 6.07) is 12.9. The SMILES string of the molecule is C=CCCC1=Cc2cc(Nc3nc(NCC4CCC(CNc5ccc6c(C7CCC(=C)NC7=C)nn(C)c6c5)CC4)ncc3Cl)ccc2N(C)C1=C. The maximum atomic E-state index is 6.56. The van der Waals surface area contributed by atoms with Crippen LogP contribution >= 0.6 is 11.6 Å². The van der Waals surface area contributed by atoms with E-state index >= 15 is 0 Å². The van der Waals surface area contributed by atoms with Crippen LogP contribution in [0.25, 0.3) is 17.0 Å². The highest BCUT2D eigenvalue weighted by Gasteiger charge is 2.26. The van der Waals surface area contributed by atoms with E-state index < -0.39 is 0 Å². The fraction of sp³-hybridized carbons (Fsp3) is 0.357. The normalized spacial score (nSPS) is 20.3. The number of hydrogen-bond donors (Lipinski definition) is 4. The summed E-state index contributed by atoms with van der Waals surface area (Å²) >= 11 is 6.56. The van der Waals surface area contributed by atoms with Crippen molar-refractivity contribution in [1.29, 1.82) is 0 Å². The van der Waals surface area contributed by atoms with Gasteiger partial charge in [-0.3, -0.25) is 4.68 Å². The molecular weight excluding hydrogens is 666 g/mol. The van der Waals surface area contributed by atoms with Gasteiger partial charge in [-0.1, -0.05) is 37.4 Å². The molecule has 4 aromatic rings. The Morgan fingerprint density at radius 2 is 1.71 bits per heavy atom. The maximum Gasteiger partial charge on any atom is 0.224 e. The summed E-state index contributed by atoms with van der Waals surface area (Å²) in [5, 5.41) is 20.5. The molecule has 1 saturated carbocycles. The van der Waals surface area contributed by atoms with Crippen LogP contribution in [0.2, 0.25) is 5.02 Å². The quantitative estimate of drug-likeness (QED) is 0.108. The highest BCUT2D eigenvalue weighted by Crippen LogP contribution is 2.39. The first-order chi connectivity index (χ1) is 25.2. The van der Waals surface area contributed by atoms with E-state index in [9.17, 15) is 0 Å². The number of fused-ring (bicyclic) bond motifs is 2. The second kappa shape index (κ2) is 15.3. The second-order valence-electron chi connectivity index (χ2n) is 14.5. The molecule has 10 heteroatoms. The predicted octanol–water partition coefficient (Wildman–Crippen LogP) is 9.90. The average Bonchev–Trinajstić information content (AvgIpc) is 3.47. The lowest BCUT2D eigenvalue weighted by atomic mass is 9.82. The van der Waals surface area contributed by atoms with E-state index in [-0.39, 0.29) is 5.92 Å². The molecule has 3 aliphatic rings. The van der Waals surface area contributed by atoms with Crippen molar-refractivity contribution in [1.82, 2.24) is 25.1 Å². The standard InChI is InChI=1S/C42H50ClN9/c1-7-8-9-31-20-32-21-34(16-19-38(32)51(5)28(31)4)48-41-37(43)25-46-42(49-41)45-24-30-13-11-29(12-14-30)23-44-33-15-18-36-39(22-33)52(6)50-40(36)35-17-10-26(2)47-27(35)3/h7,15-16,18-22,25,29-30,35,44,47H,1-4,8-14,17,23-24H2,5-6H3,(H2,45,46,48,49). The van der Waals surface area contributed by atoms with E-state index in [4.69, 9.17) is 21.7 Å². The smallest absolute Gasteiger partial charge is 0.224 e. The van der Waals surface area contributed by atoms with Crippen LogP contribution in [0.5, 0.6) is 0 Å². The molecule has 9 nitrogen and oxygen atoms in total. The van der Waals surface area contributed by atoms with Crippen molar-refractivity contribution in [3.05, 3.63) is 114 Å². The number of halogens is 1. The van der Waals surface area contributed by atoms with Gasteiger partial charge in [0.2, 0.25) is 5.95 Å². The molecule has 4 heterocycles. The van der Waals surface area contributed by atoms with Crippen LogP contribution in [0.1, 0.15) is 68.5 Å². The number of piperidine rings is 1. The number of hydrogen-bond acceptors (Lipinski definition) is 8. The highest BCUT2D eigenvalue weighted by molar-refractivity contribution is 6.32. The van der Waals surface area contributed by atoms with Crippen molar-refractivity contribution >= 4 is 57.4 Å². The maximum absolute atomic E-state index is 6.56. The average molecular weight is 716 g/mol. The van der Waals surface area contributed by atoms with Gasteiger partial charge in [0.1, 0.15) is 5.02 Å². The molecule has 1 unspecified atom stereocenters. The van der Waals surface area contributed by atoms with E-state index in [2.05, 4.69) is 101 Å². The summed E-state index contributed by atoms with van der Waals surface area (Å²) in [6.45, 7) is 18.3. The van der Waals surface area contributed by atoms with Gasteiger partial charge < -0.3 is 26.2 Å². The third-order valence-electron chi connectivity index (χ3n) is 10.9. The molecule has 270 valence electrons. The number of benzene rings is 2. The molecule has 7 rings (SSSR count). The zero-order valence-electron chi connectivity index (χ0n) is 30.4. The Labute approximate surface area is 312 Å². The zero-order chi connectivity index (χ0) is 36.4. The van der Waals surface area contributed by atoms with E-state index in [1.807, 2.05) is 23.9 Å². The highest BCUT2D eigenvalue weighted by atomic mass is 35.5. The number of allylic oxidation sites excluding steroid dienone is 4. The molecule has 4 N–H and O–H groups in total. The number of nitrogens with zero attached hydrogens (tertiary/aromatic N) is 5. The van der Waals surface area contributed by atoms with E-state index in [0.717, 1.165) is 89.7 Å². The first-order valence-corrected chi connectivity index (χ1v) is 18.8. The van der Waals surface area contributed by atoms with Crippen molar-refractivity contribution in [2.24, 2.45) is 18.9 Å². The Balaban J connectivity index is 0.903. The predicted molar refractivity (Wildman–Crippen MR) is 218 cm³/mol. The van der Waals surface area contributed by atoms with Gasteiger partial charge in [0.25, 0.3) is 0 Å². The van der Waals surface area contributed by atoms with Crippen molar-refractivity contribution in [3.63, 3.8) is 0 Å². The molecule has 1 atom stereocenters. The van der Waals surface area contributed by atoms with Crippen molar-refractivity contribution < 1.29 is 0 Å². The van der Waals surface area contributed by atoms with Crippen LogP contribution in [0.15, 0.2) is 97.7 Å². The van der Waals surface area contributed by atoms with E-state index in [0.29, 0.717) is 28.6 Å². The minimum atomic E-state index is 0.200. The lowest BCUT2D eigenvalue weighted by Crippen LogP contribution is -2.25. The first kappa shape index (κ1) is 35.4. The second-order valence-corrected chi connectivity index (χ2v) is 14.9. The molecular formula is C42H50ClN9. The van der Waals surface area contributed by atoms with Crippen LogP contribution in [0, 0.1) is 11.8 Å². The third-order valence-corrected chi connectivity index (χ3v) is 11.2. The molecule has 52 heavy (non-hydrogen) atoms. The van der Waals surface area contributed by atoms with Crippen LogP contribution in [-0.2, 0) is 7.05 Å². The molecule has 2 aliphatic heterocycles. The van der Waals surface area contributed by atoms with Crippen molar-refractivity contribution in [2.45, 2.75) is 57.3 Å². The third kappa shape index (κ3) is 7.60. The van der Waals surface area contributed by atoms with E-state index in [1.165, 1.54) is 36.6 Å². The van der Waals surface area contributed by atoms with E-state index in [1.54, 1.807) is 6.20 Å². The molecule has 1 saturated heterocycles. The minimum absolute atomic E-state index is 0.200. The summed E-state index contributed by atoms with van der Waals surface area (Å²) in [6.07, 6.45) is 14.3. The van der Waals surface area contributed by atoms with Gasteiger partial charge in [-0.05, 0) is 111 Å². The molecule has 1 aliphatic carbocycles. The monoisotopic (exact) mass is 715 g/mol. The fourth-order valence-electron chi connectivity index (χ4n) is 7.80. The summed E-state index contributed by atoms with van der Waals surface area (Å²) in [5.74, 6) is 2.59. The molecule has 2 aromatic carbocycles.